The maximum atomic E-state index is 6.23. The van der Waals surface area contributed by atoms with E-state index >= 15 is 0 Å². The summed E-state index contributed by atoms with van der Waals surface area (Å²) in [6.07, 6.45) is 4.97. The molecule has 1 aliphatic rings. The Balaban J connectivity index is 1.81. The molecule has 0 aliphatic carbocycles. The molecule has 0 amide bonds. The number of pyridine rings is 1. The summed E-state index contributed by atoms with van der Waals surface area (Å²) < 4.78 is 6.23. The first-order valence-electron chi connectivity index (χ1n) is 7.40. The molecule has 0 spiro atoms. The zero-order valence-electron chi connectivity index (χ0n) is 12.2. The van der Waals surface area contributed by atoms with E-state index in [2.05, 4.69) is 41.5 Å². The number of fused-ring (bicyclic) bond motifs is 1. The topological polar surface area (TPSA) is 34.2 Å². The minimum Gasteiger partial charge on any atom is -0.486 e. The van der Waals surface area contributed by atoms with Crippen LogP contribution in [0, 0.1) is 0 Å². The molecule has 1 aliphatic heterocycles. The standard InChI is InChI=1S/C17H20N2OS/c1-2-9-19-17(13-6-5-10-18-11-13)15-12-21-16-8-4-3-7-14(16)20-15/h3-8,10-11,15,17,19H,2,9,12H2,1H3. The minimum absolute atomic E-state index is 0.126. The zero-order chi connectivity index (χ0) is 14.5. The van der Waals surface area contributed by atoms with Gasteiger partial charge in [0.05, 0.1) is 6.04 Å². The predicted octanol–water partition coefficient (Wildman–Crippen LogP) is 3.68. The number of benzene rings is 1. The third kappa shape index (κ3) is 3.39. The van der Waals surface area contributed by atoms with E-state index in [9.17, 15) is 0 Å². The summed E-state index contributed by atoms with van der Waals surface area (Å²) in [4.78, 5) is 5.48. The van der Waals surface area contributed by atoms with E-state index < -0.39 is 0 Å². The molecule has 2 aromatic rings. The van der Waals surface area contributed by atoms with Gasteiger partial charge in [-0.1, -0.05) is 25.1 Å². The largest absolute Gasteiger partial charge is 0.486 e. The first kappa shape index (κ1) is 14.4. The highest BCUT2D eigenvalue weighted by Crippen LogP contribution is 2.38. The van der Waals surface area contributed by atoms with Crippen molar-refractivity contribution in [3.63, 3.8) is 0 Å². The number of nitrogens with zero attached hydrogens (tertiary/aromatic N) is 1. The molecular weight excluding hydrogens is 280 g/mol. The fourth-order valence-corrected chi connectivity index (χ4v) is 3.56. The van der Waals surface area contributed by atoms with Gasteiger partial charge in [-0.15, -0.1) is 11.8 Å². The van der Waals surface area contributed by atoms with Crippen LogP contribution >= 0.6 is 11.8 Å². The Morgan fingerprint density at radius 3 is 3.05 bits per heavy atom. The molecule has 0 saturated heterocycles. The number of para-hydroxylation sites is 1. The normalized spacial score (nSPS) is 18.6. The molecule has 0 radical (unpaired) electrons. The van der Waals surface area contributed by atoms with Gasteiger partial charge in [-0.3, -0.25) is 4.98 Å². The predicted molar refractivity (Wildman–Crippen MR) is 86.9 cm³/mol. The van der Waals surface area contributed by atoms with E-state index in [1.165, 1.54) is 10.5 Å². The highest BCUT2D eigenvalue weighted by Gasteiger charge is 2.29. The molecule has 3 nitrogen and oxygen atoms in total. The molecule has 4 heteroatoms. The quantitative estimate of drug-likeness (QED) is 0.913. The molecule has 2 heterocycles. The molecule has 0 fully saturated rings. The lowest BCUT2D eigenvalue weighted by atomic mass is 10.0. The number of aromatic nitrogens is 1. The molecule has 110 valence electrons. The molecule has 1 aromatic heterocycles. The van der Waals surface area contributed by atoms with Crippen molar-refractivity contribution in [1.29, 1.82) is 0 Å². The van der Waals surface area contributed by atoms with Crippen LogP contribution in [0.15, 0.2) is 53.7 Å². The smallest absolute Gasteiger partial charge is 0.133 e. The van der Waals surface area contributed by atoms with Gasteiger partial charge >= 0.3 is 0 Å². The van der Waals surface area contributed by atoms with Gasteiger partial charge in [-0.25, -0.2) is 0 Å². The van der Waals surface area contributed by atoms with Crippen molar-refractivity contribution in [2.24, 2.45) is 0 Å². The van der Waals surface area contributed by atoms with Gasteiger partial charge in [0, 0.05) is 23.0 Å². The van der Waals surface area contributed by atoms with Crippen LogP contribution in [0.5, 0.6) is 5.75 Å². The van der Waals surface area contributed by atoms with Crippen molar-refractivity contribution in [1.82, 2.24) is 10.3 Å². The van der Waals surface area contributed by atoms with Crippen molar-refractivity contribution in [2.45, 2.75) is 30.4 Å². The molecule has 2 atom stereocenters. The number of rotatable bonds is 5. The second-order valence-corrected chi connectivity index (χ2v) is 6.19. The summed E-state index contributed by atoms with van der Waals surface area (Å²) in [7, 11) is 0. The first-order chi connectivity index (χ1) is 10.4. The van der Waals surface area contributed by atoms with Crippen LogP contribution in [-0.2, 0) is 0 Å². The van der Waals surface area contributed by atoms with Crippen LogP contribution in [0.25, 0.3) is 0 Å². The fraction of sp³-hybridized carbons (Fsp3) is 0.353. The van der Waals surface area contributed by atoms with Gasteiger partial charge in [0.25, 0.3) is 0 Å². The van der Waals surface area contributed by atoms with Crippen molar-refractivity contribution in [3.05, 3.63) is 54.4 Å². The van der Waals surface area contributed by atoms with Crippen molar-refractivity contribution < 1.29 is 4.74 Å². The number of nitrogens with one attached hydrogen (secondary N) is 1. The summed E-state index contributed by atoms with van der Waals surface area (Å²) in [5.74, 6) is 1.94. The van der Waals surface area contributed by atoms with Gasteiger partial charge < -0.3 is 10.1 Å². The van der Waals surface area contributed by atoms with Gasteiger partial charge in [0.1, 0.15) is 11.9 Å². The maximum absolute atomic E-state index is 6.23. The third-order valence-electron chi connectivity index (χ3n) is 3.56. The average Bonchev–Trinajstić information content (AvgIpc) is 2.56. The van der Waals surface area contributed by atoms with Crippen LogP contribution in [0.2, 0.25) is 0 Å². The van der Waals surface area contributed by atoms with Crippen molar-refractivity contribution in [3.8, 4) is 5.75 Å². The fourth-order valence-electron chi connectivity index (χ4n) is 2.52. The maximum Gasteiger partial charge on any atom is 0.133 e. The molecule has 3 rings (SSSR count). The van der Waals surface area contributed by atoms with E-state index in [1.807, 2.05) is 36.3 Å². The van der Waals surface area contributed by atoms with Crippen LogP contribution < -0.4 is 10.1 Å². The van der Waals surface area contributed by atoms with Gasteiger partial charge in [-0.05, 0) is 36.7 Å². The Labute approximate surface area is 130 Å². The minimum atomic E-state index is 0.126. The molecule has 1 N–H and O–H groups in total. The van der Waals surface area contributed by atoms with E-state index in [0.29, 0.717) is 0 Å². The molecule has 1 aromatic carbocycles. The second-order valence-electron chi connectivity index (χ2n) is 5.13. The lowest BCUT2D eigenvalue weighted by Gasteiger charge is -2.32. The van der Waals surface area contributed by atoms with E-state index in [1.54, 1.807) is 0 Å². The van der Waals surface area contributed by atoms with Crippen LogP contribution in [0.4, 0.5) is 0 Å². The van der Waals surface area contributed by atoms with Crippen LogP contribution in [0.1, 0.15) is 24.9 Å². The number of thioether (sulfide) groups is 1. The lowest BCUT2D eigenvalue weighted by molar-refractivity contribution is 0.166. The molecular formula is C17H20N2OS. The first-order valence-corrected chi connectivity index (χ1v) is 8.39. The number of ether oxygens (including phenoxy) is 1. The van der Waals surface area contributed by atoms with Gasteiger partial charge in [-0.2, -0.15) is 0 Å². The summed E-state index contributed by atoms with van der Waals surface area (Å²) in [6.45, 7) is 3.16. The monoisotopic (exact) mass is 300 g/mol. The Morgan fingerprint density at radius 2 is 2.24 bits per heavy atom. The van der Waals surface area contributed by atoms with E-state index in [0.717, 1.165) is 24.5 Å². The number of hydrogen-bond donors (Lipinski definition) is 1. The van der Waals surface area contributed by atoms with Gasteiger partial charge in [0.15, 0.2) is 0 Å². The van der Waals surface area contributed by atoms with Crippen molar-refractivity contribution >= 4 is 11.8 Å². The summed E-state index contributed by atoms with van der Waals surface area (Å²) >= 11 is 1.87. The highest BCUT2D eigenvalue weighted by atomic mass is 32.2. The third-order valence-corrected chi connectivity index (χ3v) is 4.70. The van der Waals surface area contributed by atoms with Crippen LogP contribution in [-0.4, -0.2) is 23.4 Å². The second kappa shape index (κ2) is 6.96. The zero-order valence-corrected chi connectivity index (χ0v) is 13.0. The Bertz CT molecular complexity index is 576. The molecule has 21 heavy (non-hydrogen) atoms. The molecule has 0 bridgehead atoms. The van der Waals surface area contributed by atoms with E-state index in [-0.39, 0.29) is 12.1 Å². The lowest BCUT2D eigenvalue weighted by Crippen LogP contribution is -2.39. The summed E-state index contributed by atoms with van der Waals surface area (Å²) in [6, 6.07) is 12.5. The Morgan fingerprint density at radius 1 is 1.33 bits per heavy atom. The van der Waals surface area contributed by atoms with E-state index in [4.69, 9.17) is 4.74 Å². The number of hydrogen-bond acceptors (Lipinski definition) is 4. The molecule has 0 saturated carbocycles. The average molecular weight is 300 g/mol. The molecule has 2 unspecified atom stereocenters. The van der Waals surface area contributed by atoms with Crippen LogP contribution in [0.3, 0.4) is 0 Å². The highest BCUT2D eigenvalue weighted by molar-refractivity contribution is 7.99. The Kier molecular flexibility index (Phi) is 4.78. The summed E-state index contributed by atoms with van der Waals surface area (Å²) in [5, 5.41) is 3.61. The van der Waals surface area contributed by atoms with Crippen molar-refractivity contribution in [2.75, 3.05) is 12.3 Å². The Hall–Kier alpha value is -1.52. The van der Waals surface area contributed by atoms with Gasteiger partial charge in [0.2, 0.25) is 0 Å². The summed E-state index contributed by atoms with van der Waals surface area (Å²) in [5.41, 5.74) is 1.19. The SMILES string of the molecule is CCCNC(c1cccnc1)C1CSc2ccccc2O1.